The minimum atomic E-state index is 0.0198. The molecule has 4 nitrogen and oxygen atoms in total. The number of morpholine rings is 1. The second-order valence-electron chi connectivity index (χ2n) is 6.84. The topological polar surface area (TPSA) is 44.7 Å². The zero-order chi connectivity index (χ0) is 15.1. The lowest BCUT2D eigenvalue weighted by atomic mass is 9.76. The monoisotopic (exact) mass is 298 g/mol. The summed E-state index contributed by atoms with van der Waals surface area (Å²) in [6, 6.07) is 0.683. The molecule has 2 fully saturated rings. The molecule has 1 saturated carbocycles. The fraction of sp³-hybridized carbons (Fsp3) is 1.00. The molecule has 1 heterocycles. The van der Waals surface area contributed by atoms with Gasteiger partial charge in [0.1, 0.15) is 0 Å². The smallest absolute Gasteiger partial charge is 0.0932 e. The SMILES string of the molecule is CCCNC1CCC(CC)CC1CN1CCOC(CO)C1. The first-order valence-electron chi connectivity index (χ1n) is 8.95. The van der Waals surface area contributed by atoms with Crippen LogP contribution in [0.2, 0.25) is 0 Å². The second-order valence-corrected chi connectivity index (χ2v) is 6.84. The van der Waals surface area contributed by atoms with Gasteiger partial charge in [-0.15, -0.1) is 0 Å². The Kier molecular flexibility index (Phi) is 7.44. The molecule has 0 radical (unpaired) electrons. The normalized spacial score (nSPS) is 35.0. The van der Waals surface area contributed by atoms with Crippen molar-refractivity contribution in [3.63, 3.8) is 0 Å². The van der Waals surface area contributed by atoms with Gasteiger partial charge in [0, 0.05) is 25.7 Å². The van der Waals surface area contributed by atoms with E-state index < -0.39 is 0 Å². The maximum absolute atomic E-state index is 9.30. The quantitative estimate of drug-likeness (QED) is 0.753. The molecule has 0 spiro atoms. The molecular weight excluding hydrogens is 264 g/mol. The lowest BCUT2D eigenvalue weighted by Gasteiger charge is -2.41. The molecule has 21 heavy (non-hydrogen) atoms. The summed E-state index contributed by atoms with van der Waals surface area (Å²) < 4.78 is 5.57. The molecule has 0 bridgehead atoms. The van der Waals surface area contributed by atoms with Gasteiger partial charge in [-0.05, 0) is 44.1 Å². The van der Waals surface area contributed by atoms with E-state index in [2.05, 4.69) is 24.1 Å². The summed E-state index contributed by atoms with van der Waals surface area (Å²) in [5.41, 5.74) is 0. The number of hydrogen-bond donors (Lipinski definition) is 2. The van der Waals surface area contributed by atoms with Crippen molar-refractivity contribution in [1.29, 1.82) is 0 Å². The van der Waals surface area contributed by atoms with Crippen LogP contribution in [0.4, 0.5) is 0 Å². The average Bonchev–Trinajstić information content (AvgIpc) is 2.53. The van der Waals surface area contributed by atoms with E-state index in [0.717, 1.165) is 44.6 Å². The summed E-state index contributed by atoms with van der Waals surface area (Å²) in [6.45, 7) is 9.71. The van der Waals surface area contributed by atoms with Crippen molar-refractivity contribution in [2.75, 3.05) is 39.4 Å². The standard InChI is InChI=1S/C17H34N2O2/c1-3-7-18-17-6-5-14(4-2)10-15(17)11-19-8-9-21-16(12-19)13-20/h14-18,20H,3-13H2,1-2H3. The average molecular weight is 298 g/mol. The number of nitrogens with zero attached hydrogens (tertiary/aromatic N) is 1. The lowest BCUT2D eigenvalue weighted by molar-refractivity contribution is -0.0593. The Hall–Kier alpha value is -0.160. The van der Waals surface area contributed by atoms with E-state index in [0.29, 0.717) is 6.04 Å². The van der Waals surface area contributed by atoms with Crippen molar-refractivity contribution in [3.8, 4) is 0 Å². The Bertz CT molecular complexity index is 288. The summed E-state index contributed by atoms with van der Waals surface area (Å²) >= 11 is 0. The molecule has 4 heteroatoms. The van der Waals surface area contributed by atoms with Crippen molar-refractivity contribution in [1.82, 2.24) is 10.2 Å². The summed E-state index contributed by atoms with van der Waals surface area (Å²) in [4.78, 5) is 2.51. The van der Waals surface area contributed by atoms with Crippen molar-refractivity contribution < 1.29 is 9.84 Å². The molecule has 0 aromatic carbocycles. The molecule has 0 amide bonds. The van der Waals surface area contributed by atoms with Crippen LogP contribution in [-0.4, -0.2) is 61.5 Å². The van der Waals surface area contributed by atoms with E-state index in [4.69, 9.17) is 4.74 Å². The van der Waals surface area contributed by atoms with Crippen molar-refractivity contribution in [2.45, 2.75) is 58.1 Å². The first-order chi connectivity index (χ1) is 10.3. The number of ether oxygens (including phenoxy) is 1. The van der Waals surface area contributed by atoms with Crippen LogP contribution < -0.4 is 5.32 Å². The fourth-order valence-corrected chi connectivity index (χ4v) is 3.92. The van der Waals surface area contributed by atoms with Crippen LogP contribution in [-0.2, 0) is 4.74 Å². The molecule has 4 atom stereocenters. The van der Waals surface area contributed by atoms with Gasteiger partial charge in [0.25, 0.3) is 0 Å². The summed E-state index contributed by atoms with van der Waals surface area (Å²) in [7, 11) is 0. The molecule has 1 aliphatic heterocycles. The van der Waals surface area contributed by atoms with Gasteiger partial charge >= 0.3 is 0 Å². The predicted octanol–water partition coefficient (Wildman–Crippen LogP) is 1.87. The highest BCUT2D eigenvalue weighted by Crippen LogP contribution is 2.32. The number of rotatable bonds is 7. The molecule has 2 rings (SSSR count). The van der Waals surface area contributed by atoms with Crippen LogP contribution >= 0.6 is 0 Å². The molecule has 124 valence electrons. The molecule has 4 unspecified atom stereocenters. The Balaban J connectivity index is 1.88. The van der Waals surface area contributed by atoms with Crippen molar-refractivity contribution in [2.24, 2.45) is 11.8 Å². The highest BCUT2D eigenvalue weighted by Gasteiger charge is 2.32. The molecular formula is C17H34N2O2. The molecule has 2 N–H and O–H groups in total. The predicted molar refractivity (Wildman–Crippen MR) is 86.5 cm³/mol. The Morgan fingerprint density at radius 2 is 2.14 bits per heavy atom. The third-order valence-corrected chi connectivity index (χ3v) is 5.24. The highest BCUT2D eigenvalue weighted by molar-refractivity contribution is 4.87. The van der Waals surface area contributed by atoms with Crippen LogP contribution in [0.5, 0.6) is 0 Å². The Labute approximate surface area is 130 Å². The molecule has 0 aromatic rings. The van der Waals surface area contributed by atoms with Gasteiger partial charge in [-0.1, -0.05) is 20.3 Å². The first-order valence-corrected chi connectivity index (χ1v) is 8.95. The second kappa shape index (κ2) is 9.09. The van der Waals surface area contributed by atoms with Gasteiger partial charge in [0.2, 0.25) is 0 Å². The zero-order valence-corrected chi connectivity index (χ0v) is 13.9. The van der Waals surface area contributed by atoms with E-state index in [9.17, 15) is 5.11 Å². The molecule has 0 aromatic heterocycles. The molecule has 1 saturated heterocycles. The van der Waals surface area contributed by atoms with Crippen LogP contribution in [0.15, 0.2) is 0 Å². The largest absolute Gasteiger partial charge is 0.394 e. The van der Waals surface area contributed by atoms with Crippen LogP contribution in [0, 0.1) is 11.8 Å². The third kappa shape index (κ3) is 5.20. The summed E-state index contributed by atoms with van der Waals surface area (Å²) in [6.07, 6.45) is 6.63. The summed E-state index contributed by atoms with van der Waals surface area (Å²) in [5.74, 6) is 1.66. The van der Waals surface area contributed by atoms with Gasteiger partial charge in [-0.25, -0.2) is 0 Å². The number of aliphatic hydroxyl groups is 1. The fourth-order valence-electron chi connectivity index (χ4n) is 3.92. The molecule has 1 aliphatic carbocycles. The van der Waals surface area contributed by atoms with Crippen LogP contribution in [0.1, 0.15) is 46.0 Å². The Morgan fingerprint density at radius 1 is 1.29 bits per heavy atom. The Morgan fingerprint density at radius 3 is 2.86 bits per heavy atom. The van der Waals surface area contributed by atoms with E-state index in [1.54, 1.807) is 0 Å². The minimum absolute atomic E-state index is 0.0198. The van der Waals surface area contributed by atoms with Gasteiger partial charge in [-0.2, -0.15) is 0 Å². The van der Waals surface area contributed by atoms with Gasteiger partial charge in [0.05, 0.1) is 19.3 Å². The number of aliphatic hydroxyl groups excluding tert-OH is 1. The maximum atomic E-state index is 9.30. The maximum Gasteiger partial charge on any atom is 0.0932 e. The summed E-state index contributed by atoms with van der Waals surface area (Å²) in [5, 5.41) is 13.1. The first kappa shape index (κ1) is 17.2. The van der Waals surface area contributed by atoms with E-state index in [1.165, 1.54) is 32.1 Å². The lowest BCUT2D eigenvalue weighted by Crippen LogP contribution is -2.50. The zero-order valence-electron chi connectivity index (χ0n) is 13.9. The molecule has 2 aliphatic rings. The highest BCUT2D eigenvalue weighted by atomic mass is 16.5. The van der Waals surface area contributed by atoms with Crippen molar-refractivity contribution >= 4 is 0 Å². The van der Waals surface area contributed by atoms with Crippen LogP contribution in [0.25, 0.3) is 0 Å². The van der Waals surface area contributed by atoms with Gasteiger partial charge < -0.3 is 15.2 Å². The number of nitrogens with one attached hydrogen (secondary N) is 1. The number of hydrogen-bond acceptors (Lipinski definition) is 4. The van der Waals surface area contributed by atoms with Gasteiger partial charge in [0.15, 0.2) is 0 Å². The van der Waals surface area contributed by atoms with E-state index >= 15 is 0 Å². The van der Waals surface area contributed by atoms with E-state index in [-0.39, 0.29) is 12.7 Å². The van der Waals surface area contributed by atoms with Crippen LogP contribution in [0.3, 0.4) is 0 Å². The van der Waals surface area contributed by atoms with Gasteiger partial charge in [-0.3, -0.25) is 4.90 Å². The minimum Gasteiger partial charge on any atom is -0.394 e. The van der Waals surface area contributed by atoms with E-state index in [1.807, 2.05) is 0 Å². The third-order valence-electron chi connectivity index (χ3n) is 5.24. The van der Waals surface area contributed by atoms with Crippen molar-refractivity contribution in [3.05, 3.63) is 0 Å².